The topological polar surface area (TPSA) is 72.0 Å². The second kappa shape index (κ2) is 7.23. The number of thioether (sulfide) groups is 1. The summed E-state index contributed by atoms with van der Waals surface area (Å²) in [6.07, 6.45) is 1.66. The van der Waals surface area contributed by atoms with E-state index < -0.39 is 6.04 Å². The molecule has 1 aromatic rings. The minimum Gasteiger partial charge on any atom is -0.345 e. The van der Waals surface area contributed by atoms with E-state index in [1.165, 1.54) is 18.7 Å². The molecule has 1 unspecified atom stereocenters. The molecule has 19 heavy (non-hydrogen) atoms. The van der Waals surface area contributed by atoms with Crippen molar-refractivity contribution in [3.05, 3.63) is 18.0 Å². The minimum absolute atomic E-state index is 0.0276. The summed E-state index contributed by atoms with van der Waals surface area (Å²) < 4.78 is 0. The third-order valence-electron chi connectivity index (χ3n) is 2.53. The second-order valence-electron chi connectivity index (χ2n) is 4.67. The maximum atomic E-state index is 11.8. The molecule has 0 saturated carbocycles. The van der Waals surface area contributed by atoms with Gasteiger partial charge in [-0.1, -0.05) is 25.6 Å². The smallest absolute Gasteiger partial charge is 0.231 e. The molecule has 1 heterocycles. The number of nitrogens with one attached hydrogen (secondary N) is 1. The van der Waals surface area contributed by atoms with Gasteiger partial charge in [0.05, 0.1) is 11.8 Å². The predicted octanol–water partition coefficient (Wildman–Crippen LogP) is 1.61. The number of rotatable bonds is 6. The molecule has 0 aliphatic rings. The van der Waals surface area contributed by atoms with E-state index in [1.807, 2.05) is 20.8 Å². The molecule has 1 rings (SSSR count). The Kier molecular flexibility index (Phi) is 5.95. The van der Waals surface area contributed by atoms with Gasteiger partial charge in [0.1, 0.15) is 0 Å². The molecule has 0 spiro atoms. The van der Waals surface area contributed by atoms with E-state index in [4.69, 9.17) is 0 Å². The van der Waals surface area contributed by atoms with Crippen molar-refractivity contribution in [3.8, 4) is 0 Å². The molecule has 0 fully saturated rings. The zero-order chi connectivity index (χ0) is 14.4. The van der Waals surface area contributed by atoms with E-state index in [1.54, 1.807) is 12.3 Å². The molecule has 0 aromatic carbocycles. The molecule has 1 atom stereocenters. The summed E-state index contributed by atoms with van der Waals surface area (Å²) >= 11 is 1.26. The molecule has 1 aromatic heterocycles. The van der Waals surface area contributed by atoms with Crippen molar-refractivity contribution in [3.63, 3.8) is 0 Å². The predicted molar refractivity (Wildman–Crippen MR) is 74.9 cm³/mol. The van der Waals surface area contributed by atoms with E-state index in [9.17, 15) is 9.59 Å². The highest BCUT2D eigenvalue weighted by Crippen LogP contribution is 2.12. The van der Waals surface area contributed by atoms with Crippen molar-refractivity contribution in [2.75, 3.05) is 5.75 Å². The van der Waals surface area contributed by atoms with Gasteiger partial charge in [0, 0.05) is 11.9 Å². The van der Waals surface area contributed by atoms with Gasteiger partial charge >= 0.3 is 0 Å². The Morgan fingerprint density at radius 1 is 1.42 bits per heavy atom. The third kappa shape index (κ3) is 5.38. The highest BCUT2D eigenvalue weighted by atomic mass is 32.2. The van der Waals surface area contributed by atoms with Crippen LogP contribution in [0.4, 0.5) is 0 Å². The van der Waals surface area contributed by atoms with Gasteiger partial charge in [-0.25, -0.2) is 9.97 Å². The molecule has 0 bridgehead atoms. The SMILES string of the molecule is CC(=O)C(NC(=O)CSc1nccc(C)n1)C(C)C. The van der Waals surface area contributed by atoms with Crippen molar-refractivity contribution in [2.45, 2.75) is 38.9 Å². The fourth-order valence-corrected chi connectivity index (χ4v) is 2.27. The van der Waals surface area contributed by atoms with Gasteiger partial charge < -0.3 is 5.32 Å². The number of aryl methyl sites for hydroxylation is 1. The van der Waals surface area contributed by atoms with Crippen LogP contribution in [0.3, 0.4) is 0 Å². The van der Waals surface area contributed by atoms with Crippen molar-refractivity contribution in [1.82, 2.24) is 15.3 Å². The average molecular weight is 281 g/mol. The summed E-state index contributed by atoms with van der Waals surface area (Å²) in [6, 6.07) is 1.38. The van der Waals surface area contributed by atoms with Gasteiger partial charge in [-0.3, -0.25) is 9.59 Å². The summed E-state index contributed by atoms with van der Waals surface area (Å²) in [5.41, 5.74) is 0.863. The van der Waals surface area contributed by atoms with E-state index >= 15 is 0 Å². The van der Waals surface area contributed by atoms with Gasteiger partial charge in [0.15, 0.2) is 10.9 Å². The van der Waals surface area contributed by atoms with Crippen LogP contribution in [0, 0.1) is 12.8 Å². The van der Waals surface area contributed by atoms with E-state index in [0.717, 1.165) is 5.69 Å². The summed E-state index contributed by atoms with van der Waals surface area (Å²) in [4.78, 5) is 31.4. The average Bonchev–Trinajstić information content (AvgIpc) is 2.32. The Morgan fingerprint density at radius 2 is 2.11 bits per heavy atom. The molecule has 104 valence electrons. The van der Waals surface area contributed by atoms with Crippen LogP contribution >= 0.6 is 11.8 Å². The molecule has 0 radical (unpaired) electrons. The molecule has 5 nitrogen and oxygen atoms in total. The normalized spacial score (nSPS) is 12.3. The number of ketones is 1. The van der Waals surface area contributed by atoms with Crippen molar-refractivity contribution in [2.24, 2.45) is 5.92 Å². The van der Waals surface area contributed by atoms with Crippen molar-refractivity contribution < 1.29 is 9.59 Å². The fraction of sp³-hybridized carbons (Fsp3) is 0.538. The van der Waals surface area contributed by atoms with Gasteiger partial charge in [0.2, 0.25) is 5.91 Å². The highest BCUT2D eigenvalue weighted by Gasteiger charge is 2.20. The number of nitrogens with zero attached hydrogens (tertiary/aromatic N) is 2. The lowest BCUT2D eigenvalue weighted by molar-refractivity contribution is -0.126. The van der Waals surface area contributed by atoms with E-state index in [-0.39, 0.29) is 23.4 Å². The van der Waals surface area contributed by atoms with Crippen LogP contribution in [0.15, 0.2) is 17.4 Å². The Morgan fingerprint density at radius 3 is 2.63 bits per heavy atom. The highest BCUT2D eigenvalue weighted by molar-refractivity contribution is 7.99. The van der Waals surface area contributed by atoms with Gasteiger partial charge in [-0.05, 0) is 25.8 Å². The first-order valence-electron chi connectivity index (χ1n) is 6.12. The van der Waals surface area contributed by atoms with Gasteiger partial charge in [-0.15, -0.1) is 0 Å². The van der Waals surface area contributed by atoms with Crippen LogP contribution in [0.25, 0.3) is 0 Å². The number of aromatic nitrogens is 2. The first-order valence-corrected chi connectivity index (χ1v) is 7.11. The second-order valence-corrected chi connectivity index (χ2v) is 5.61. The third-order valence-corrected chi connectivity index (χ3v) is 3.39. The van der Waals surface area contributed by atoms with E-state index in [2.05, 4.69) is 15.3 Å². The Hall–Kier alpha value is -1.43. The standard InChI is InChI=1S/C13H19N3O2S/c1-8(2)12(10(4)17)16-11(18)7-19-13-14-6-5-9(3)15-13/h5-6,8,12H,7H2,1-4H3,(H,16,18). The van der Waals surface area contributed by atoms with Crippen LogP contribution in [0.1, 0.15) is 26.5 Å². The summed E-state index contributed by atoms with van der Waals surface area (Å²) in [5.74, 6) is 0.0887. The quantitative estimate of drug-likeness (QED) is 0.633. The lowest BCUT2D eigenvalue weighted by Crippen LogP contribution is -2.44. The summed E-state index contributed by atoms with van der Waals surface area (Å²) in [5, 5.41) is 3.30. The maximum absolute atomic E-state index is 11.8. The molecule has 0 aliphatic carbocycles. The number of carbonyl (C=O) groups is 2. The molecular weight excluding hydrogens is 262 g/mol. The first-order chi connectivity index (χ1) is 8.90. The molecular formula is C13H19N3O2S. The lowest BCUT2D eigenvalue weighted by Gasteiger charge is -2.19. The zero-order valence-electron chi connectivity index (χ0n) is 11.6. The Labute approximate surface area is 117 Å². The maximum Gasteiger partial charge on any atom is 0.231 e. The fourth-order valence-electron chi connectivity index (χ4n) is 1.58. The monoisotopic (exact) mass is 281 g/mol. The Balaban J connectivity index is 2.49. The molecule has 1 N–H and O–H groups in total. The Bertz CT molecular complexity index is 463. The van der Waals surface area contributed by atoms with Gasteiger partial charge in [0.25, 0.3) is 0 Å². The van der Waals surface area contributed by atoms with E-state index in [0.29, 0.717) is 5.16 Å². The number of hydrogen-bond donors (Lipinski definition) is 1. The van der Waals surface area contributed by atoms with Crippen molar-refractivity contribution >= 4 is 23.5 Å². The summed E-state index contributed by atoms with van der Waals surface area (Å²) in [7, 11) is 0. The minimum atomic E-state index is -0.425. The van der Waals surface area contributed by atoms with Gasteiger partial charge in [-0.2, -0.15) is 0 Å². The number of carbonyl (C=O) groups excluding carboxylic acids is 2. The van der Waals surface area contributed by atoms with Crippen molar-refractivity contribution in [1.29, 1.82) is 0 Å². The van der Waals surface area contributed by atoms with Crippen LogP contribution in [-0.2, 0) is 9.59 Å². The van der Waals surface area contributed by atoms with Crippen LogP contribution in [0.5, 0.6) is 0 Å². The largest absolute Gasteiger partial charge is 0.345 e. The van der Waals surface area contributed by atoms with Crippen LogP contribution in [0.2, 0.25) is 0 Å². The number of Topliss-reactive ketones (excluding diaryl/α,β-unsaturated/α-hetero) is 1. The lowest BCUT2D eigenvalue weighted by atomic mass is 10.0. The first kappa shape index (κ1) is 15.6. The number of amides is 1. The van der Waals surface area contributed by atoms with Crippen LogP contribution in [-0.4, -0.2) is 33.5 Å². The molecule has 6 heteroatoms. The zero-order valence-corrected chi connectivity index (χ0v) is 12.5. The molecule has 0 saturated heterocycles. The number of hydrogen-bond acceptors (Lipinski definition) is 5. The summed E-state index contributed by atoms with van der Waals surface area (Å²) in [6.45, 7) is 7.17. The van der Waals surface area contributed by atoms with Crippen LogP contribution < -0.4 is 5.32 Å². The molecule has 1 amide bonds. The molecule has 0 aliphatic heterocycles.